The first-order valence-corrected chi connectivity index (χ1v) is 12.0. The number of piperazine rings is 1. The summed E-state index contributed by atoms with van der Waals surface area (Å²) in [6, 6.07) is 12.9. The first-order chi connectivity index (χ1) is 16.8. The SMILES string of the molecule is CC1(C)CN(C(=O)c2cccc3c2OCO3)CCN1C(=O)C1=NCCC(c2cccc(Cl)c2)=CN1. The van der Waals surface area contributed by atoms with Gasteiger partial charge in [0, 0.05) is 37.4 Å². The highest BCUT2D eigenvalue weighted by Gasteiger charge is 2.40. The van der Waals surface area contributed by atoms with Gasteiger partial charge < -0.3 is 24.6 Å². The lowest BCUT2D eigenvalue weighted by molar-refractivity contribution is -0.132. The molecule has 3 aliphatic heterocycles. The number of rotatable bonds is 3. The number of halogens is 1. The van der Waals surface area contributed by atoms with E-state index in [1.54, 1.807) is 28.0 Å². The Morgan fingerprint density at radius 3 is 2.71 bits per heavy atom. The number of amidine groups is 1. The highest BCUT2D eigenvalue weighted by atomic mass is 35.5. The summed E-state index contributed by atoms with van der Waals surface area (Å²) in [7, 11) is 0. The van der Waals surface area contributed by atoms with Gasteiger partial charge >= 0.3 is 0 Å². The first-order valence-electron chi connectivity index (χ1n) is 11.6. The molecular weight excluding hydrogens is 468 g/mol. The summed E-state index contributed by atoms with van der Waals surface area (Å²) in [6.45, 7) is 5.72. The monoisotopic (exact) mass is 494 g/mol. The third-order valence-corrected chi connectivity index (χ3v) is 6.73. The lowest BCUT2D eigenvalue weighted by Crippen LogP contribution is -2.63. The summed E-state index contributed by atoms with van der Waals surface area (Å²) in [5.74, 6) is 1.05. The molecule has 2 aromatic carbocycles. The number of benzene rings is 2. The van der Waals surface area contributed by atoms with Crippen molar-refractivity contribution < 1.29 is 19.1 Å². The van der Waals surface area contributed by atoms with E-state index in [2.05, 4.69) is 10.3 Å². The van der Waals surface area contributed by atoms with Gasteiger partial charge in [-0.3, -0.25) is 14.6 Å². The van der Waals surface area contributed by atoms with Crippen LogP contribution in [0.4, 0.5) is 0 Å². The quantitative estimate of drug-likeness (QED) is 0.705. The van der Waals surface area contributed by atoms with E-state index in [1.165, 1.54) is 0 Å². The van der Waals surface area contributed by atoms with Crippen LogP contribution in [0.25, 0.3) is 5.57 Å². The zero-order valence-corrected chi connectivity index (χ0v) is 20.5. The molecule has 0 aliphatic carbocycles. The number of aliphatic imine (C=N–C) groups is 1. The van der Waals surface area contributed by atoms with Crippen molar-refractivity contribution in [2.45, 2.75) is 25.8 Å². The average molecular weight is 495 g/mol. The number of carbonyl (C=O) groups is 2. The van der Waals surface area contributed by atoms with Crippen LogP contribution in [-0.2, 0) is 4.79 Å². The third kappa shape index (κ3) is 4.58. The fraction of sp³-hybridized carbons (Fsp3) is 0.346. The maximum Gasteiger partial charge on any atom is 0.289 e. The van der Waals surface area contributed by atoms with Gasteiger partial charge in [-0.2, -0.15) is 0 Å². The molecule has 3 aliphatic rings. The Hall–Kier alpha value is -3.52. The van der Waals surface area contributed by atoms with E-state index in [9.17, 15) is 9.59 Å². The molecule has 0 bridgehead atoms. The van der Waals surface area contributed by atoms with Gasteiger partial charge in [0.15, 0.2) is 17.3 Å². The Morgan fingerprint density at radius 2 is 1.91 bits per heavy atom. The lowest BCUT2D eigenvalue weighted by Gasteiger charge is -2.47. The second kappa shape index (κ2) is 9.26. The molecule has 0 unspecified atom stereocenters. The molecule has 0 atom stereocenters. The summed E-state index contributed by atoms with van der Waals surface area (Å²) in [5, 5.41) is 3.78. The minimum Gasteiger partial charge on any atom is -0.454 e. The maximum atomic E-state index is 13.5. The summed E-state index contributed by atoms with van der Waals surface area (Å²) < 4.78 is 10.9. The lowest BCUT2D eigenvalue weighted by atomic mass is 9.97. The van der Waals surface area contributed by atoms with Crippen LogP contribution >= 0.6 is 11.6 Å². The van der Waals surface area contributed by atoms with Gasteiger partial charge in [-0.1, -0.05) is 29.8 Å². The van der Waals surface area contributed by atoms with Gasteiger partial charge in [-0.25, -0.2) is 0 Å². The summed E-state index contributed by atoms with van der Waals surface area (Å²) in [5.41, 5.74) is 1.93. The van der Waals surface area contributed by atoms with E-state index in [0.29, 0.717) is 60.5 Å². The number of ether oxygens (including phenoxy) is 2. The molecule has 35 heavy (non-hydrogen) atoms. The van der Waals surface area contributed by atoms with Crippen LogP contribution in [-0.4, -0.2) is 66.0 Å². The molecular formula is C26H27ClN4O4. The highest BCUT2D eigenvalue weighted by Crippen LogP contribution is 2.36. The third-order valence-electron chi connectivity index (χ3n) is 6.49. The fourth-order valence-electron chi connectivity index (χ4n) is 4.71. The Balaban J connectivity index is 1.28. The number of nitrogens with one attached hydrogen (secondary N) is 1. The number of para-hydroxylation sites is 1. The number of fused-ring (bicyclic) bond motifs is 1. The molecule has 8 nitrogen and oxygen atoms in total. The van der Waals surface area contributed by atoms with Crippen LogP contribution < -0.4 is 14.8 Å². The van der Waals surface area contributed by atoms with Crippen molar-refractivity contribution in [3.63, 3.8) is 0 Å². The van der Waals surface area contributed by atoms with Crippen molar-refractivity contribution in [1.29, 1.82) is 0 Å². The van der Waals surface area contributed by atoms with Crippen molar-refractivity contribution >= 4 is 34.8 Å². The van der Waals surface area contributed by atoms with Crippen LogP contribution in [0.15, 0.2) is 53.7 Å². The number of hydrogen-bond acceptors (Lipinski definition) is 6. The van der Waals surface area contributed by atoms with E-state index in [1.807, 2.05) is 44.3 Å². The Morgan fingerprint density at radius 1 is 1.09 bits per heavy atom. The molecule has 3 heterocycles. The number of hydrogen-bond donors (Lipinski definition) is 1. The Kier molecular flexibility index (Phi) is 6.15. The van der Waals surface area contributed by atoms with Gasteiger partial charge in [0.1, 0.15) is 0 Å². The summed E-state index contributed by atoms with van der Waals surface area (Å²) >= 11 is 6.14. The van der Waals surface area contributed by atoms with Gasteiger partial charge in [-0.05, 0) is 55.7 Å². The standard InChI is InChI=1S/C26H27ClN4O4/c1-26(2)15-30(24(32)20-7-4-8-21-22(20)35-16-34-21)11-12-31(26)25(33)23-28-10-9-18(14-29-23)17-5-3-6-19(27)13-17/h3-8,13-14H,9-12,15-16H2,1-2H3,(H,28,29). The van der Waals surface area contributed by atoms with Crippen LogP contribution in [0.1, 0.15) is 36.2 Å². The van der Waals surface area contributed by atoms with Gasteiger partial charge in [0.2, 0.25) is 6.79 Å². The van der Waals surface area contributed by atoms with E-state index >= 15 is 0 Å². The summed E-state index contributed by atoms with van der Waals surface area (Å²) in [4.78, 5) is 34.8. The average Bonchev–Trinajstić information content (AvgIpc) is 3.19. The zero-order valence-electron chi connectivity index (χ0n) is 19.7. The second-order valence-electron chi connectivity index (χ2n) is 9.34. The molecule has 5 rings (SSSR count). The maximum absolute atomic E-state index is 13.5. The topological polar surface area (TPSA) is 83.5 Å². The van der Waals surface area contributed by atoms with Gasteiger partial charge in [0.05, 0.1) is 11.1 Å². The van der Waals surface area contributed by atoms with E-state index in [4.69, 9.17) is 21.1 Å². The smallest absolute Gasteiger partial charge is 0.289 e. The molecule has 1 N–H and O–H groups in total. The van der Waals surface area contributed by atoms with Crippen molar-refractivity contribution in [1.82, 2.24) is 15.1 Å². The van der Waals surface area contributed by atoms with Gasteiger partial charge in [-0.15, -0.1) is 0 Å². The Bertz CT molecular complexity index is 1240. The van der Waals surface area contributed by atoms with Crippen LogP contribution in [0, 0.1) is 0 Å². The van der Waals surface area contributed by atoms with E-state index in [0.717, 1.165) is 11.1 Å². The molecule has 0 saturated carbocycles. The number of nitrogens with zero attached hydrogens (tertiary/aromatic N) is 3. The molecule has 2 amide bonds. The fourth-order valence-corrected chi connectivity index (χ4v) is 4.90. The molecule has 182 valence electrons. The predicted octanol–water partition coefficient (Wildman–Crippen LogP) is 3.56. The summed E-state index contributed by atoms with van der Waals surface area (Å²) in [6.07, 6.45) is 2.53. The van der Waals surface area contributed by atoms with Crippen molar-refractivity contribution in [2.24, 2.45) is 4.99 Å². The van der Waals surface area contributed by atoms with E-state index in [-0.39, 0.29) is 18.6 Å². The molecule has 1 fully saturated rings. The molecule has 0 spiro atoms. The normalized spacial score (nSPS) is 18.8. The van der Waals surface area contributed by atoms with Crippen molar-refractivity contribution in [2.75, 3.05) is 33.0 Å². The number of amides is 2. The van der Waals surface area contributed by atoms with Crippen molar-refractivity contribution in [3.05, 3.63) is 64.8 Å². The predicted molar refractivity (Wildman–Crippen MR) is 134 cm³/mol. The molecule has 2 aromatic rings. The molecule has 9 heteroatoms. The van der Waals surface area contributed by atoms with Crippen LogP contribution in [0.3, 0.4) is 0 Å². The first kappa shape index (κ1) is 23.2. The van der Waals surface area contributed by atoms with Crippen molar-refractivity contribution in [3.8, 4) is 11.5 Å². The van der Waals surface area contributed by atoms with Crippen LogP contribution in [0.5, 0.6) is 11.5 Å². The second-order valence-corrected chi connectivity index (χ2v) is 9.78. The minimum absolute atomic E-state index is 0.107. The van der Waals surface area contributed by atoms with E-state index < -0.39 is 5.54 Å². The number of carbonyl (C=O) groups excluding carboxylic acids is 2. The highest BCUT2D eigenvalue weighted by molar-refractivity contribution is 6.38. The Labute approximate surface area is 209 Å². The molecule has 0 aromatic heterocycles. The van der Waals surface area contributed by atoms with Crippen LogP contribution in [0.2, 0.25) is 5.02 Å². The zero-order chi connectivity index (χ0) is 24.6. The molecule has 1 saturated heterocycles. The van der Waals surface area contributed by atoms with Gasteiger partial charge in [0.25, 0.3) is 11.8 Å². The minimum atomic E-state index is -0.587. The largest absolute Gasteiger partial charge is 0.454 e. The molecule has 0 radical (unpaired) electrons.